The van der Waals surface area contributed by atoms with E-state index >= 15 is 0 Å². The molecule has 3 N–H and O–H groups in total. The van der Waals surface area contributed by atoms with Crippen molar-refractivity contribution in [3.63, 3.8) is 0 Å². The molecule has 2 aromatic carbocycles. The van der Waals surface area contributed by atoms with Crippen LogP contribution in [-0.4, -0.2) is 40.9 Å². The largest absolute Gasteiger partial charge is 0.349 e. The molecule has 1 saturated heterocycles. The molecule has 1 aliphatic heterocycles. The number of nitrogens with zero attached hydrogens (tertiary/aromatic N) is 2. The van der Waals surface area contributed by atoms with Crippen molar-refractivity contribution in [3.8, 4) is 11.3 Å². The number of hydrogen-bond donors (Lipinski definition) is 3. The molecule has 1 saturated carbocycles. The van der Waals surface area contributed by atoms with Gasteiger partial charge in [0.2, 0.25) is 0 Å². The fourth-order valence-electron chi connectivity index (χ4n) is 5.60. The fourth-order valence-corrected chi connectivity index (χ4v) is 5.60. The summed E-state index contributed by atoms with van der Waals surface area (Å²) in [7, 11) is 2.01. The smallest absolute Gasteiger partial charge is 0.251 e. The zero-order chi connectivity index (χ0) is 24.2. The Morgan fingerprint density at radius 2 is 1.74 bits per heavy atom. The van der Waals surface area contributed by atoms with Crippen molar-refractivity contribution in [2.45, 2.75) is 63.1 Å². The second kappa shape index (κ2) is 10.8. The van der Waals surface area contributed by atoms with Crippen LogP contribution >= 0.6 is 0 Å². The summed E-state index contributed by atoms with van der Waals surface area (Å²) in [5.74, 6) is 0.582. The molecule has 3 atom stereocenters. The van der Waals surface area contributed by atoms with Crippen LogP contribution in [-0.2, 0) is 7.05 Å². The van der Waals surface area contributed by atoms with Gasteiger partial charge in [-0.2, -0.15) is 5.10 Å². The number of piperidine rings is 1. The predicted octanol–water partition coefficient (Wildman–Crippen LogP) is 4.56. The Balaban J connectivity index is 1.15. The maximum atomic E-state index is 12.6. The quantitative estimate of drug-likeness (QED) is 0.473. The molecule has 184 valence electrons. The number of carbonyl (C=O) groups is 1. The lowest BCUT2D eigenvalue weighted by Crippen LogP contribution is -2.42. The molecule has 2 fully saturated rings. The summed E-state index contributed by atoms with van der Waals surface area (Å²) in [4.78, 5) is 12.6. The van der Waals surface area contributed by atoms with Gasteiger partial charge in [0, 0.05) is 30.7 Å². The highest BCUT2D eigenvalue weighted by Crippen LogP contribution is 2.35. The lowest BCUT2D eigenvalue weighted by atomic mass is 9.96. The first-order valence-electron chi connectivity index (χ1n) is 13.0. The van der Waals surface area contributed by atoms with Gasteiger partial charge in [0.05, 0.1) is 11.4 Å². The van der Waals surface area contributed by atoms with Crippen molar-refractivity contribution in [2.75, 3.05) is 13.1 Å². The monoisotopic (exact) mass is 471 g/mol. The molecule has 0 radical (unpaired) electrons. The zero-order valence-electron chi connectivity index (χ0n) is 20.8. The number of carbonyl (C=O) groups excluding carboxylic acids is 1. The fraction of sp³-hybridized carbons (Fsp3) is 0.448. The average molecular weight is 472 g/mol. The minimum Gasteiger partial charge on any atom is -0.349 e. The number of aromatic nitrogens is 2. The summed E-state index contributed by atoms with van der Waals surface area (Å²) in [5.41, 5.74) is 5.51. The Labute approximate surface area is 208 Å². The molecule has 2 heterocycles. The Hall–Kier alpha value is -2.96. The summed E-state index contributed by atoms with van der Waals surface area (Å²) in [6.45, 7) is 4.17. The van der Waals surface area contributed by atoms with E-state index in [1.54, 1.807) is 0 Å². The van der Waals surface area contributed by atoms with Gasteiger partial charge in [0.1, 0.15) is 0 Å². The number of rotatable bonds is 7. The van der Waals surface area contributed by atoms with Crippen LogP contribution < -0.4 is 16.0 Å². The van der Waals surface area contributed by atoms with Crippen LogP contribution in [0.3, 0.4) is 0 Å². The molecule has 1 amide bonds. The van der Waals surface area contributed by atoms with E-state index in [9.17, 15) is 4.79 Å². The van der Waals surface area contributed by atoms with Gasteiger partial charge in [-0.05, 0) is 87.4 Å². The standard InChI is InChI=1S/C29H37N5O/c1-20(27-19-28(34(2)33-27)22-6-4-3-5-7-22)31-26-13-12-24(18-26)21-8-10-23(11-9-21)29(35)32-25-14-16-30-17-15-25/h3-11,19-20,24-26,30-31H,12-18H2,1-2H3,(H,32,35)/t20-,24?,26+/m1/s1. The summed E-state index contributed by atoms with van der Waals surface area (Å²) in [6.07, 6.45) is 5.45. The molecular weight excluding hydrogens is 434 g/mol. The van der Waals surface area contributed by atoms with Crippen LogP contribution in [0.1, 0.15) is 72.6 Å². The Morgan fingerprint density at radius 1 is 1.00 bits per heavy atom. The van der Waals surface area contributed by atoms with Crippen molar-refractivity contribution in [1.29, 1.82) is 0 Å². The third-order valence-electron chi connectivity index (χ3n) is 7.65. The first kappa shape index (κ1) is 23.8. The van der Waals surface area contributed by atoms with Gasteiger partial charge in [-0.1, -0.05) is 42.5 Å². The zero-order valence-corrected chi connectivity index (χ0v) is 20.8. The lowest BCUT2D eigenvalue weighted by molar-refractivity contribution is 0.0929. The first-order valence-corrected chi connectivity index (χ1v) is 13.0. The Morgan fingerprint density at radius 3 is 2.49 bits per heavy atom. The summed E-state index contributed by atoms with van der Waals surface area (Å²) in [6, 6.07) is 21.9. The Kier molecular flexibility index (Phi) is 7.30. The average Bonchev–Trinajstić information content (AvgIpc) is 3.52. The van der Waals surface area contributed by atoms with Gasteiger partial charge in [-0.25, -0.2) is 0 Å². The van der Waals surface area contributed by atoms with Crippen LogP contribution in [0, 0.1) is 0 Å². The van der Waals surface area contributed by atoms with Gasteiger partial charge in [-0.3, -0.25) is 9.48 Å². The molecule has 1 aliphatic carbocycles. The van der Waals surface area contributed by atoms with Crippen molar-refractivity contribution < 1.29 is 4.79 Å². The molecule has 5 rings (SSSR count). The van der Waals surface area contributed by atoms with Gasteiger partial charge < -0.3 is 16.0 Å². The molecule has 0 bridgehead atoms. The third kappa shape index (κ3) is 5.65. The van der Waals surface area contributed by atoms with Crippen LogP contribution in [0.4, 0.5) is 0 Å². The molecule has 2 aliphatic rings. The second-order valence-corrected chi connectivity index (χ2v) is 10.2. The molecule has 35 heavy (non-hydrogen) atoms. The van der Waals surface area contributed by atoms with Gasteiger partial charge in [0.15, 0.2) is 0 Å². The maximum absolute atomic E-state index is 12.6. The number of nitrogens with one attached hydrogen (secondary N) is 3. The van der Waals surface area contributed by atoms with Crippen LogP contribution in [0.2, 0.25) is 0 Å². The van der Waals surface area contributed by atoms with E-state index in [0.717, 1.165) is 55.7 Å². The van der Waals surface area contributed by atoms with E-state index in [1.165, 1.54) is 17.5 Å². The number of hydrogen-bond acceptors (Lipinski definition) is 4. The molecule has 6 heteroatoms. The van der Waals surface area contributed by atoms with E-state index in [1.807, 2.05) is 29.9 Å². The molecule has 1 unspecified atom stereocenters. The molecule has 3 aromatic rings. The van der Waals surface area contributed by atoms with E-state index in [-0.39, 0.29) is 18.0 Å². The van der Waals surface area contributed by atoms with E-state index in [0.29, 0.717) is 12.0 Å². The Bertz CT molecular complexity index is 1120. The number of amides is 1. The normalized spacial score (nSPS) is 21.7. The number of aryl methyl sites for hydroxylation is 1. The molecule has 1 aromatic heterocycles. The first-order chi connectivity index (χ1) is 17.1. The van der Waals surface area contributed by atoms with Crippen molar-refractivity contribution in [1.82, 2.24) is 25.7 Å². The summed E-state index contributed by atoms with van der Waals surface area (Å²) in [5, 5.41) is 15.1. The highest BCUT2D eigenvalue weighted by molar-refractivity contribution is 5.94. The van der Waals surface area contributed by atoms with E-state index in [4.69, 9.17) is 5.10 Å². The highest BCUT2D eigenvalue weighted by Gasteiger charge is 2.28. The van der Waals surface area contributed by atoms with Crippen molar-refractivity contribution in [3.05, 3.63) is 77.5 Å². The van der Waals surface area contributed by atoms with Crippen LogP contribution in [0.25, 0.3) is 11.3 Å². The van der Waals surface area contributed by atoms with E-state index < -0.39 is 0 Å². The minimum absolute atomic E-state index is 0.0495. The minimum atomic E-state index is 0.0495. The van der Waals surface area contributed by atoms with E-state index in [2.05, 4.69) is 65.3 Å². The topological polar surface area (TPSA) is 71.0 Å². The summed E-state index contributed by atoms with van der Waals surface area (Å²) >= 11 is 0. The lowest BCUT2D eigenvalue weighted by Gasteiger charge is -2.23. The number of benzene rings is 2. The van der Waals surface area contributed by atoms with Gasteiger partial charge >= 0.3 is 0 Å². The van der Waals surface area contributed by atoms with Crippen LogP contribution in [0.5, 0.6) is 0 Å². The van der Waals surface area contributed by atoms with Gasteiger partial charge in [-0.15, -0.1) is 0 Å². The maximum Gasteiger partial charge on any atom is 0.251 e. The van der Waals surface area contributed by atoms with Crippen molar-refractivity contribution in [2.24, 2.45) is 7.05 Å². The van der Waals surface area contributed by atoms with Crippen LogP contribution in [0.15, 0.2) is 60.7 Å². The molecule has 6 nitrogen and oxygen atoms in total. The SMILES string of the molecule is C[C@@H](N[C@H]1CCC(c2ccc(C(=O)NC3CCNCC3)cc2)C1)c1cc(-c2ccccc2)n(C)n1. The predicted molar refractivity (Wildman–Crippen MR) is 140 cm³/mol. The summed E-state index contributed by atoms with van der Waals surface area (Å²) < 4.78 is 1.98. The highest BCUT2D eigenvalue weighted by atomic mass is 16.1. The molecular formula is C29H37N5O. The van der Waals surface area contributed by atoms with Crippen molar-refractivity contribution >= 4 is 5.91 Å². The third-order valence-corrected chi connectivity index (χ3v) is 7.65. The molecule has 0 spiro atoms. The van der Waals surface area contributed by atoms with Gasteiger partial charge in [0.25, 0.3) is 5.91 Å². The second-order valence-electron chi connectivity index (χ2n) is 10.2.